The molecule has 0 aliphatic rings. The molecule has 0 aliphatic heterocycles. The molecule has 0 unspecified atom stereocenters. The maximum Gasteiger partial charge on any atom is 0.248 e. The number of amides is 1. The van der Waals surface area contributed by atoms with Crippen molar-refractivity contribution < 1.29 is 4.79 Å². The van der Waals surface area contributed by atoms with Crippen LogP contribution in [0.3, 0.4) is 0 Å². The molecule has 0 saturated carbocycles. The second-order valence-corrected chi connectivity index (χ2v) is 4.66. The summed E-state index contributed by atoms with van der Waals surface area (Å²) in [6, 6.07) is 17.1. The third-order valence-corrected chi connectivity index (χ3v) is 2.81. The minimum Gasteiger partial charge on any atom is -0.323 e. The van der Waals surface area contributed by atoms with Crippen LogP contribution in [0.2, 0.25) is 0 Å². The molecule has 0 bridgehead atoms. The predicted molar refractivity (Wildman–Crippen MR) is 78.2 cm³/mol. The van der Waals surface area contributed by atoms with Gasteiger partial charge in [-0.15, -0.1) is 0 Å². The van der Waals surface area contributed by atoms with Crippen LogP contribution < -0.4 is 5.32 Å². The second kappa shape index (κ2) is 6.17. The average Bonchev–Trinajstić information content (AvgIpc) is 2.38. The van der Waals surface area contributed by atoms with Crippen LogP contribution in [-0.4, -0.2) is 5.91 Å². The normalized spacial score (nSPS) is 10.5. The topological polar surface area (TPSA) is 29.1 Å². The number of anilines is 1. The van der Waals surface area contributed by atoms with Gasteiger partial charge in [-0.05, 0) is 35.9 Å². The fourth-order valence-corrected chi connectivity index (χ4v) is 1.90. The minimum atomic E-state index is -0.138. The van der Waals surface area contributed by atoms with Crippen molar-refractivity contribution in [3.8, 4) is 0 Å². The van der Waals surface area contributed by atoms with Gasteiger partial charge in [-0.25, -0.2) is 0 Å². The van der Waals surface area contributed by atoms with Gasteiger partial charge >= 0.3 is 0 Å². The van der Waals surface area contributed by atoms with Crippen LogP contribution in [0.15, 0.2) is 65.1 Å². The molecule has 0 spiro atoms. The van der Waals surface area contributed by atoms with Crippen molar-refractivity contribution in [2.45, 2.75) is 0 Å². The highest BCUT2D eigenvalue weighted by Crippen LogP contribution is 2.13. The molecule has 0 radical (unpaired) electrons. The molecule has 2 nitrogen and oxygen atoms in total. The van der Waals surface area contributed by atoms with Crippen LogP contribution in [-0.2, 0) is 4.79 Å². The number of benzene rings is 2. The first-order chi connectivity index (χ1) is 8.74. The van der Waals surface area contributed by atoms with E-state index >= 15 is 0 Å². The van der Waals surface area contributed by atoms with Crippen LogP contribution in [0.5, 0.6) is 0 Å². The molecule has 2 rings (SSSR count). The highest BCUT2D eigenvalue weighted by Gasteiger charge is 1.96. The molecule has 3 heteroatoms. The average molecular weight is 302 g/mol. The van der Waals surface area contributed by atoms with Gasteiger partial charge in [0.1, 0.15) is 0 Å². The molecule has 2 aromatic carbocycles. The molecule has 0 fully saturated rings. The van der Waals surface area contributed by atoms with Crippen LogP contribution in [0.4, 0.5) is 5.69 Å². The summed E-state index contributed by atoms with van der Waals surface area (Å²) in [5.41, 5.74) is 1.77. The van der Waals surface area contributed by atoms with Gasteiger partial charge in [-0.3, -0.25) is 4.79 Å². The lowest BCUT2D eigenvalue weighted by Crippen LogP contribution is -2.07. The Morgan fingerprint density at radius 2 is 1.83 bits per heavy atom. The molecule has 1 amide bonds. The van der Waals surface area contributed by atoms with Crippen LogP contribution in [0.1, 0.15) is 5.56 Å². The lowest BCUT2D eigenvalue weighted by molar-refractivity contribution is -0.111. The standard InChI is InChI=1S/C15H12BrNO/c16-13-6-4-5-12(11-13)9-10-15(18)17-14-7-2-1-3-8-14/h1-11H,(H,17,18)/b10-9-. The zero-order valence-corrected chi connectivity index (χ0v) is 11.2. The Hall–Kier alpha value is -1.87. The van der Waals surface area contributed by atoms with E-state index < -0.39 is 0 Å². The Bertz CT molecular complexity index is 564. The summed E-state index contributed by atoms with van der Waals surface area (Å²) in [5.74, 6) is -0.138. The fraction of sp³-hybridized carbons (Fsp3) is 0. The highest BCUT2D eigenvalue weighted by molar-refractivity contribution is 9.10. The lowest BCUT2D eigenvalue weighted by Gasteiger charge is -2.00. The Balaban J connectivity index is 1.99. The summed E-state index contributed by atoms with van der Waals surface area (Å²) < 4.78 is 0.994. The zero-order valence-electron chi connectivity index (χ0n) is 9.64. The van der Waals surface area contributed by atoms with Crippen molar-refractivity contribution in [1.82, 2.24) is 0 Å². The van der Waals surface area contributed by atoms with Crippen molar-refractivity contribution >= 4 is 33.6 Å². The number of rotatable bonds is 3. The van der Waals surface area contributed by atoms with Crippen LogP contribution >= 0.6 is 15.9 Å². The molecule has 0 aromatic heterocycles. The third-order valence-electron chi connectivity index (χ3n) is 2.32. The van der Waals surface area contributed by atoms with Crippen LogP contribution in [0, 0.1) is 0 Å². The van der Waals surface area contributed by atoms with E-state index in [1.165, 1.54) is 6.08 Å². The van der Waals surface area contributed by atoms with E-state index in [1.807, 2.05) is 54.6 Å². The molecule has 0 saturated heterocycles. The number of carbonyl (C=O) groups excluding carboxylic acids is 1. The molecule has 1 N–H and O–H groups in total. The first kappa shape index (κ1) is 12.6. The molecular formula is C15H12BrNO. The van der Waals surface area contributed by atoms with Gasteiger partial charge in [-0.2, -0.15) is 0 Å². The van der Waals surface area contributed by atoms with Crippen molar-refractivity contribution in [3.05, 3.63) is 70.7 Å². The third kappa shape index (κ3) is 3.86. The molecule has 18 heavy (non-hydrogen) atoms. The van der Waals surface area contributed by atoms with Crippen molar-refractivity contribution in [2.24, 2.45) is 0 Å². The number of carbonyl (C=O) groups is 1. The summed E-state index contributed by atoms with van der Waals surface area (Å²) in [6.45, 7) is 0. The Kier molecular flexibility index (Phi) is 4.31. The van der Waals surface area contributed by atoms with E-state index in [9.17, 15) is 4.79 Å². The lowest BCUT2D eigenvalue weighted by atomic mass is 10.2. The van der Waals surface area contributed by atoms with Crippen molar-refractivity contribution in [1.29, 1.82) is 0 Å². The minimum absolute atomic E-state index is 0.138. The maximum absolute atomic E-state index is 11.7. The van der Waals surface area contributed by atoms with Gasteiger partial charge in [0.15, 0.2) is 0 Å². The number of para-hydroxylation sites is 1. The number of hydrogen-bond acceptors (Lipinski definition) is 1. The number of halogens is 1. The van der Waals surface area contributed by atoms with Gasteiger partial charge in [0.25, 0.3) is 0 Å². The van der Waals surface area contributed by atoms with E-state index in [2.05, 4.69) is 21.2 Å². The summed E-state index contributed by atoms with van der Waals surface area (Å²) >= 11 is 3.39. The summed E-state index contributed by atoms with van der Waals surface area (Å²) in [4.78, 5) is 11.7. The molecular weight excluding hydrogens is 290 g/mol. The number of hydrogen-bond donors (Lipinski definition) is 1. The summed E-state index contributed by atoms with van der Waals surface area (Å²) in [6.07, 6.45) is 3.30. The highest BCUT2D eigenvalue weighted by atomic mass is 79.9. The Morgan fingerprint density at radius 3 is 2.56 bits per heavy atom. The van der Waals surface area contributed by atoms with Gasteiger partial charge < -0.3 is 5.32 Å². The van der Waals surface area contributed by atoms with Gasteiger partial charge in [-0.1, -0.05) is 46.3 Å². The monoisotopic (exact) mass is 301 g/mol. The molecule has 0 heterocycles. The predicted octanol–water partition coefficient (Wildman–Crippen LogP) is 4.10. The summed E-state index contributed by atoms with van der Waals surface area (Å²) in [7, 11) is 0. The Morgan fingerprint density at radius 1 is 1.06 bits per heavy atom. The summed E-state index contributed by atoms with van der Waals surface area (Å²) in [5, 5.41) is 2.79. The first-order valence-electron chi connectivity index (χ1n) is 5.54. The van der Waals surface area contributed by atoms with E-state index in [0.717, 1.165) is 15.7 Å². The number of nitrogens with one attached hydrogen (secondary N) is 1. The van der Waals surface area contributed by atoms with Gasteiger partial charge in [0, 0.05) is 16.2 Å². The largest absolute Gasteiger partial charge is 0.323 e. The van der Waals surface area contributed by atoms with Crippen molar-refractivity contribution in [3.63, 3.8) is 0 Å². The SMILES string of the molecule is O=C(/C=C\c1cccc(Br)c1)Nc1ccccc1. The van der Waals surface area contributed by atoms with E-state index in [0.29, 0.717) is 0 Å². The second-order valence-electron chi connectivity index (χ2n) is 3.74. The molecule has 0 aliphatic carbocycles. The van der Waals surface area contributed by atoms with Gasteiger partial charge in [0.2, 0.25) is 5.91 Å². The Labute approximate surface area is 114 Å². The molecule has 2 aromatic rings. The van der Waals surface area contributed by atoms with E-state index in [-0.39, 0.29) is 5.91 Å². The van der Waals surface area contributed by atoms with Crippen LogP contribution in [0.25, 0.3) is 6.08 Å². The van der Waals surface area contributed by atoms with Crippen molar-refractivity contribution in [2.75, 3.05) is 5.32 Å². The van der Waals surface area contributed by atoms with Gasteiger partial charge in [0.05, 0.1) is 0 Å². The quantitative estimate of drug-likeness (QED) is 0.850. The molecule has 90 valence electrons. The molecule has 0 atom stereocenters. The van der Waals surface area contributed by atoms with E-state index in [4.69, 9.17) is 0 Å². The first-order valence-corrected chi connectivity index (χ1v) is 6.33. The van der Waals surface area contributed by atoms with E-state index in [1.54, 1.807) is 6.08 Å². The smallest absolute Gasteiger partial charge is 0.248 e. The zero-order chi connectivity index (χ0) is 12.8. The maximum atomic E-state index is 11.7. The fourth-order valence-electron chi connectivity index (χ4n) is 1.49.